The first kappa shape index (κ1) is 22.3. The Morgan fingerprint density at radius 3 is 2.60 bits per heavy atom. The van der Waals surface area contributed by atoms with Gasteiger partial charge >= 0.3 is 5.97 Å². The summed E-state index contributed by atoms with van der Waals surface area (Å²) < 4.78 is 16.0. The number of aliphatic hydroxyl groups is 5. The first-order valence-corrected chi connectivity index (χ1v) is 9.43. The number of ether oxygens (including phenoxy) is 3. The van der Waals surface area contributed by atoms with Gasteiger partial charge in [-0.3, -0.25) is 4.79 Å². The van der Waals surface area contributed by atoms with Gasteiger partial charge in [-0.2, -0.15) is 0 Å². The van der Waals surface area contributed by atoms with Gasteiger partial charge in [0.2, 0.25) is 11.9 Å². The molecule has 3 rings (SSSR count). The fourth-order valence-corrected chi connectivity index (χ4v) is 3.21. The summed E-state index contributed by atoms with van der Waals surface area (Å²) in [5.74, 6) is -1.64. The lowest BCUT2D eigenvalue weighted by Crippen LogP contribution is -2.60. The van der Waals surface area contributed by atoms with Crippen molar-refractivity contribution in [3.05, 3.63) is 42.0 Å². The van der Waals surface area contributed by atoms with Crippen molar-refractivity contribution < 1.29 is 49.3 Å². The number of aliphatic hydroxyl groups excluding tert-OH is 4. The van der Waals surface area contributed by atoms with Crippen molar-refractivity contribution in [2.75, 3.05) is 6.61 Å². The van der Waals surface area contributed by atoms with E-state index in [-0.39, 0.29) is 18.8 Å². The van der Waals surface area contributed by atoms with Gasteiger partial charge < -0.3 is 39.7 Å². The van der Waals surface area contributed by atoms with Gasteiger partial charge in [-0.05, 0) is 18.6 Å². The lowest BCUT2D eigenvalue weighted by molar-refractivity contribution is -0.277. The highest BCUT2D eigenvalue weighted by molar-refractivity contribution is 6.09. The molecule has 1 aromatic rings. The Labute approximate surface area is 171 Å². The molecule has 5 N–H and O–H groups in total. The Bertz CT molecular complexity index is 807. The number of para-hydroxylation sites is 1. The molecule has 10 heteroatoms. The van der Waals surface area contributed by atoms with Crippen LogP contribution in [0.5, 0.6) is 5.75 Å². The van der Waals surface area contributed by atoms with E-state index in [2.05, 4.69) is 0 Å². The van der Waals surface area contributed by atoms with Crippen molar-refractivity contribution in [1.82, 2.24) is 0 Å². The van der Waals surface area contributed by atoms with Crippen LogP contribution in [-0.4, -0.2) is 80.2 Å². The number of esters is 1. The van der Waals surface area contributed by atoms with E-state index in [4.69, 9.17) is 14.2 Å². The average Bonchev–Trinajstić information content (AvgIpc) is 2.75. The molecule has 2 aliphatic rings. The molecule has 6 atom stereocenters. The largest absolute Gasteiger partial charge is 0.462 e. The van der Waals surface area contributed by atoms with E-state index in [1.54, 1.807) is 18.2 Å². The predicted molar refractivity (Wildman–Crippen MR) is 99.0 cm³/mol. The molecule has 164 valence electrons. The molecule has 1 fully saturated rings. The van der Waals surface area contributed by atoms with Gasteiger partial charge in [0.15, 0.2) is 5.78 Å². The third-order valence-corrected chi connectivity index (χ3v) is 5.06. The minimum absolute atomic E-state index is 0.0267. The van der Waals surface area contributed by atoms with Crippen LogP contribution >= 0.6 is 0 Å². The Balaban J connectivity index is 1.70. The average molecular weight is 424 g/mol. The highest BCUT2D eigenvalue weighted by Gasteiger charge is 2.45. The maximum atomic E-state index is 12.3. The van der Waals surface area contributed by atoms with Crippen molar-refractivity contribution >= 4 is 11.8 Å². The highest BCUT2D eigenvalue weighted by atomic mass is 16.7. The number of hydrogen-bond donors (Lipinski definition) is 5. The molecular weight excluding hydrogens is 400 g/mol. The lowest BCUT2D eigenvalue weighted by Gasteiger charge is -2.39. The summed E-state index contributed by atoms with van der Waals surface area (Å²) in [6.07, 6.45) is -4.20. The van der Waals surface area contributed by atoms with Gasteiger partial charge in [0.05, 0.1) is 6.61 Å². The molecule has 0 unspecified atom stereocenters. The Morgan fingerprint density at radius 1 is 1.17 bits per heavy atom. The van der Waals surface area contributed by atoms with Gasteiger partial charge in [0.1, 0.15) is 36.8 Å². The molecule has 1 aliphatic heterocycles. The number of hydrogen-bond acceptors (Lipinski definition) is 10. The van der Waals surface area contributed by atoms with E-state index in [9.17, 15) is 35.1 Å². The number of Topliss-reactive ketones (excluding diaryl/α,β-unsaturated/α-hetero) is 1. The molecule has 1 aliphatic carbocycles. The fourth-order valence-electron chi connectivity index (χ4n) is 3.21. The topological polar surface area (TPSA) is 163 Å². The van der Waals surface area contributed by atoms with Crippen molar-refractivity contribution in [2.45, 2.75) is 55.8 Å². The van der Waals surface area contributed by atoms with Crippen LogP contribution in [0.3, 0.4) is 0 Å². The zero-order chi connectivity index (χ0) is 21.9. The first-order valence-electron chi connectivity index (χ1n) is 9.43. The molecule has 0 saturated carbocycles. The smallest absolute Gasteiger partial charge is 0.350 e. The van der Waals surface area contributed by atoms with Gasteiger partial charge in [-0.15, -0.1) is 0 Å². The lowest BCUT2D eigenvalue weighted by atomic mass is 9.90. The minimum Gasteiger partial charge on any atom is -0.462 e. The van der Waals surface area contributed by atoms with Gasteiger partial charge in [-0.1, -0.05) is 24.3 Å². The molecule has 0 spiro atoms. The summed E-state index contributed by atoms with van der Waals surface area (Å²) in [5.41, 5.74) is -2.00. The normalized spacial score (nSPS) is 33.9. The molecule has 30 heavy (non-hydrogen) atoms. The maximum absolute atomic E-state index is 12.3. The van der Waals surface area contributed by atoms with Crippen molar-refractivity contribution in [3.8, 4) is 5.75 Å². The first-order chi connectivity index (χ1) is 14.3. The molecule has 1 heterocycles. The number of carbonyl (C=O) groups excluding carboxylic acids is 2. The van der Waals surface area contributed by atoms with Gasteiger partial charge in [-0.25, -0.2) is 4.79 Å². The third kappa shape index (κ3) is 4.38. The zero-order valence-electron chi connectivity index (χ0n) is 16.0. The number of ketones is 1. The molecule has 1 aromatic carbocycles. The standard InChI is InChI=1S/C20H24O10/c21-9-13-15(23)16(24)17(25)18(30-13)29-12-6-2-1-5-11(12)10-28-19(26)20(27)8-4-3-7-14(20)22/h1-2,4-6,8,13,15-18,21,23-25,27H,3,7,9-10H2/t13-,15-,16-,17-,18-,20+/m0/s1. The number of rotatable bonds is 6. The summed E-state index contributed by atoms with van der Waals surface area (Å²) >= 11 is 0. The Morgan fingerprint density at radius 2 is 1.90 bits per heavy atom. The van der Waals surface area contributed by atoms with E-state index >= 15 is 0 Å². The second-order valence-corrected chi connectivity index (χ2v) is 7.13. The van der Waals surface area contributed by atoms with Crippen LogP contribution in [0.25, 0.3) is 0 Å². The number of allylic oxidation sites excluding steroid dienone is 1. The van der Waals surface area contributed by atoms with E-state index < -0.39 is 54.7 Å². The Hall–Kier alpha value is -2.34. The second-order valence-electron chi connectivity index (χ2n) is 7.13. The van der Waals surface area contributed by atoms with Crippen molar-refractivity contribution in [2.24, 2.45) is 0 Å². The summed E-state index contributed by atoms with van der Waals surface area (Å²) in [7, 11) is 0. The van der Waals surface area contributed by atoms with Crippen molar-refractivity contribution in [3.63, 3.8) is 0 Å². The third-order valence-electron chi connectivity index (χ3n) is 5.06. The fraction of sp³-hybridized carbons (Fsp3) is 0.500. The highest BCUT2D eigenvalue weighted by Crippen LogP contribution is 2.28. The van der Waals surface area contributed by atoms with Gasteiger partial charge in [0.25, 0.3) is 0 Å². The minimum atomic E-state index is -2.33. The Kier molecular flexibility index (Phi) is 6.86. The molecule has 1 saturated heterocycles. The summed E-state index contributed by atoms with van der Waals surface area (Å²) in [6, 6.07) is 6.27. The number of carbonyl (C=O) groups is 2. The SMILES string of the molecule is O=C1CCC=C[C@]1(O)C(=O)OCc1ccccc1O[C@H]1O[C@@H](CO)[C@H](O)[C@H](O)[C@@H]1O. The molecule has 0 bridgehead atoms. The van der Waals surface area contributed by atoms with Crippen LogP contribution in [0.4, 0.5) is 0 Å². The van der Waals surface area contributed by atoms with Crippen molar-refractivity contribution in [1.29, 1.82) is 0 Å². The quantitative estimate of drug-likeness (QED) is 0.208. The van der Waals surface area contributed by atoms with E-state index in [0.717, 1.165) is 6.08 Å². The molecule has 0 radical (unpaired) electrons. The van der Waals surface area contributed by atoms with Gasteiger partial charge in [0, 0.05) is 12.0 Å². The molecule has 10 nitrogen and oxygen atoms in total. The van der Waals surface area contributed by atoms with E-state index in [1.807, 2.05) is 0 Å². The zero-order valence-corrected chi connectivity index (χ0v) is 16.0. The molecule has 0 aromatic heterocycles. The van der Waals surface area contributed by atoms with Crippen LogP contribution < -0.4 is 4.74 Å². The predicted octanol–water partition coefficient (Wildman–Crippen LogP) is -1.44. The van der Waals surface area contributed by atoms with E-state index in [0.29, 0.717) is 12.0 Å². The van der Waals surface area contributed by atoms with Crippen LogP contribution in [0, 0.1) is 0 Å². The second kappa shape index (κ2) is 9.21. The van der Waals surface area contributed by atoms with Crippen LogP contribution in [0.2, 0.25) is 0 Å². The summed E-state index contributed by atoms with van der Waals surface area (Å²) in [6.45, 7) is -0.958. The number of benzene rings is 1. The van der Waals surface area contributed by atoms with E-state index in [1.165, 1.54) is 12.1 Å². The van der Waals surface area contributed by atoms with Crippen LogP contribution in [0.15, 0.2) is 36.4 Å². The maximum Gasteiger partial charge on any atom is 0.350 e. The monoisotopic (exact) mass is 424 g/mol. The summed E-state index contributed by atoms with van der Waals surface area (Å²) in [4.78, 5) is 24.2. The molecule has 0 amide bonds. The van der Waals surface area contributed by atoms with Crippen LogP contribution in [0.1, 0.15) is 18.4 Å². The van der Waals surface area contributed by atoms with Crippen LogP contribution in [-0.2, 0) is 25.7 Å². The summed E-state index contributed by atoms with van der Waals surface area (Å²) in [5, 5.41) is 49.4. The molecular formula is C20H24O10.